The van der Waals surface area contributed by atoms with Crippen LogP contribution in [0.2, 0.25) is 0 Å². The van der Waals surface area contributed by atoms with Gasteiger partial charge in [-0.1, -0.05) is 52.4 Å². The van der Waals surface area contributed by atoms with Crippen molar-refractivity contribution < 1.29 is 19.1 Å². The van der Waals surface area contributed by atoms with Crippen molar-refractivity contribution >= 4 is 11.9 Å². The summed E-state index contributed by atoms with van der Waals surface area (Å²) in [6, 6.07) is 0. The maximum atomic E-state index is 12.1. The molecule has 0 rings (SSSR count). The van der Waals surface area contributed by atoms with Crippen LogP contribution in [0.4, 0.5) is 0 Å². The highest BCUT2D eigenvalue weighted by atomic mass is 16.6. The van der Waals surface area contributed by atoms with E-state index in [0.717, 1.165) is 25.7 Å². The Kier molecular flexibility index (Phi) is 10.9. The van der Waals surface area contributed by atoms with Gasteiger partial charge in [0.15, 0.2) is 5.41 Å². The number of hydrogen-bond acceptors (Lipinski definition) is 4. The van der Waals surface area contributed by atoms with E-state index in [9.17, 15) is 9.59 Å². The first-order valence-electron chi connectivity index (χ1n) is 8.74. The molecule has 0 saturated heterocycles. The van der Waals surface area contributed by atoms with Crippen LogP contribution in [0.5, 0.6) is 0 Å². The van der Waals surface area contributed by atoms with Gasteiger partial charge in [0.05, 0.1) is 12.7 Å². The van der Waals surface area contributed by atoms with Gasteiger partial charge in [-0.05, 0) is 33.6 Å². The Labute approximate surface area is 135 Å². The van der Waals surface area contributed by atoms with Gasteiger partial charge in [0, 0.05) is 0 Å². The molecule has 0 heterocycles. The number of hydrogen-bond donors (Lipinski definition) is 0. The van der Waals surface area contributed by atoms with Gasteiger partial charge in [0.25, 0.3) is 0 Å². The van der Waals surface area contributed by atoms with Crippen LogP contribution < -0.4 is 0 Å². The zero-order chi connectivity index (χ0) is 17.0. The molecule has 0 aliphatic carbocycles. The lowest BCUT2D eigenvalue weighted by atomic mass is 9.94. The molecule has 0 N–H and O–H groups in total. The average molecular weight is 314 g/mol. The van der Waals surface area contributed by atoms with E-state index in [1.807, 2.05) is 13.8 Å². The molecule has 130 valence electrons. The van der Waals surface area contributed by atoms with E-state index in [1.165, 1.54) is 25.7 Å². The molecule has 1 unspecified atom stereocenters. The smallest absolute Gasteiger partial charge is 0.323 e. The van der Waals surface area contributed by atoms with Crippen molar-refractivity contribution in [3.8, 4) is 0 Å². The first-order chi connectivity index (χ1) is 10.4. The molecule has 0 aromatic carbocycles. The maximum Gasteiger partial charge on any atom is 0.323 e. The first kappa shape index (κ1) is 20.9. The van der Waals surface area contributed by atoms with Crippen molar-refractivity contribution in [2.75, 3.05) is 6.61 Å². The van der Waals surface area contributed by atoms with Crippen LogP contribution >= 0.6 is 0 Å². The van der Waals surface area contributed by atoms with Crippen LogP contribution in [0.1, 0.15) is 86.0 Å². The highest BCUT2D eigenvalue weighted by Crippen LogP contribution is 2.21. The lowest BCUT2D eigenvalue weighted by molar-refractivity contribution is -0.172. The molecule has 22 heavy (non-hydrogen) atoms. The molecular weight excluding hydrogens is 280 g/mol. The van der Waals surface area contributed by atoms with E-state index in [-0.39, 0.29) is 6.10 Å². The Hall–Kier alpha value is -1.06. The minimum Gasteiger partial charge on any atom is -0.465 e. The Morgan fingerprint density at radius 2 is 1.50 bits per heavy atom. The monoisotopic (exact) mass is 314 g/mol. The van der Waals surface area contributed by atoms with Crippen molar-refractivity contribution in [3.63, 3.8) is 0 Å². The second-order valence-electron chi connectivity index (χ2n) is 6.53. The van der Waals surface area contributed by atoms with E-state index in [4.69, 9.17) is 9.47 Å². The van der Waals surface area contributed by atoms with E-state index < -0.39 is 17.4 Å². The van der Waals surface area contributed by atoms with Crippen LogP contribution in [-0.2, 0) is 19.1 Å². The molecular formula is C18H34O4. The summed E-state index contributed by atoms with van der Waals surface area (Å²) < 4.78 is 10.5. The molecule has 0 saturated carbocycles. The number of esters is 2. The maximum absolute atomic E-state index is 12.1. The molecule has 4 heteroatoms. The third-order valence-corrected chi connectivity index (χ3v) is 3.76. The zero-order valence-electron chi connectivity index (χ0n) is 15.1. The molecule has 0 aromatic heterocycles. The molecule has 4 nitrogen and oxygen atoms in total. The topological polar surface area (TPSA) is 52.6 Å². The summed E-state index contributed by atoms with van der Waals surface area (Å²) in [5.41, 5.74) is -1.23. The Morgan fingerprint density at radius 3 is 2.09 bits per heavy atom. The molecule has 0 fully saturated rings. The molecule has 0 amide bonds. The van der Waals surface area contributed by atoms with E-state index >= 15 is 0 Å². The minimum atomic E-state index is -1.23. The van der Waals surface area contributed by atoms with Crippen LogP contribution in [0.3, 0.4) is 0 Å². The highest BCUT2D eigenvalue weighted by molar-refractivity contribution is 5.99. The molecule has 1 atom stereocenters. The quantitative estimate of drug-likeness (QED) is 0.299. The number of rotatable bonds is 12. The predicted octanol–water partition coefficient (Wildman–Crippen LogP) is 4.65. The van der Waals surface area contributed by atoms with Crippen molar-refractivity contribution in [2.24, 2.45) is 5.41 Å². The molecule has 0 aliphatic rings. The fourth-order valence-electron chi connectivity index (χ4n) is 2.11. The van der Waals surface area contributed by atoms with Crippen molar-refractivity contribution in [2.45, 2.75) is 92.1 Å². The van der Waals surface area contributed by atoms with E-state index in [0.29, 0.717) is 6.61 Å². The van der Waals surface area contributed by atoms with Crippen molar-refractivity contribution in [1.29, 1.82) is 0 Å². The molecule has 0 bridgehead atoms. The zero-order valence-corrected chi connectivity index (χ0v) is 15.1. The highest BCUT2D eigenvalue weighted by Gasteiger charge is 2.40. The Balaban J connectivity index is 4.03. The second kappa shape index (κ2) is 11.5. The average Bonchev–Trinajstić information content (AvgIpc) is 2.46. The van der Waals surface area contributed by atoms with Gasteiger partial charge < -0.3 is 9.47 Å². The van der Waals surface area contributed by atoms with Gasteiger partial charge in [-0.15, -0.1) is 0 Å². The number of carbonyl (C=O) groups excluding carboxylic acids is 2. The van der Waals surface area contributed by atoms with Crippen LogP contribution in [-0.4, -0.2) is 24.6 Å². The summed E-state index contributed by atoms with van der Waals surface area (Å²) in [4.78, 5) is 24.1. The van der Waals surface area contributed by atoms with Gasteiger partial charge >= 0.3 is 11.9 Å². The number of unbranched alkanes of at least 4 members (excludes halogenated alkanes) is 5. The summed E-state index contributed by atoms with van der Waals surface area (Å²) in [6.07, 6.45) is 8.38. The van der Waals surface area contributed by atoms with Crippen LogP contribution in [0, 0.1) is 5.41 Å². The summed E-state index contributed by atoms with van der Waals surface area (Å²) >= 11 is 0. The fraction of sp³-hybridized carbons (Fsp3) is 0.889. The molecule has 0 radical (unpaired) electrons. The molecule has 0 spiro atoms. The third-order valence-electron chi connectivity index (χ3n) is 3.76. The van der Waals surface area contributed by atoms with E-state index in [2.05, 4.69) is 6.92 Å². The van der Waals surface area contributed by atoms with Gasteiger partial charge in [-0.25, -0.2) is 0 Å². The Bertz CT molecular complexity index is 323. The van der Waals surface area contributed by atoms with Gasteiger partial charge in [0.1, 0.15) is 0 Å². The molecule has 0 aliphatic heterocycles. The fourth-order valence-corrected chi connectivity index (χ4v) is 2.11. The van der Waals surface area contributed by atoms with E-state index in [1.54, 1.807) is 13.8 Å². The third kappa shape index (κ3) is 8.40. The van der Waals surface area contributed by atoms with Gasteiger partial charge in [0.2, 0.25) is 0 Å². The first-order valence-corrected chi connectivity index (χ1v) is 8.74. The predicted molar refractivity (Wildman–Crippen MR) is 88.6 cm³/mol. The van der Waals surface area contributed by atoms with Crippen molar-refractivity contribution in [1.82, 2.24) is 0 Å². The van der Waals surface area contributed by atoms with Crippen LogP contribution in [0.15, 0.2) is 0 Å². The van der Waals surface area contributed by atoms with Crippen molar-refractivity contribution in [3.05, 3.63) is 0 Å². The minimum absolute atomic E-state index is 0.164. The second-order valence-corrected chi connectivity index (χ2v) is 6.53. The van der Waals surface area contributed by atoms with Gasteiger partial charge in [-0.2, -0.15) is 0 Å². The normalized spacial score (nSPS) is 12.8. The lowest BCUT2D eigenvalue weighted by Gasteiger charge is -2.23. The Morgan fingerprint density at radius 1 is 0.909 bits per heavy atom. The summed E-state index contributed by atoms with van der Waals surface area (Å²) in [5, 5.41) is 0. The largest absolute Gasteiger partial charge is 0.465 e. The molecule has 0 aromatic rings. The summed E-state index contributed by atoms with van der Waals surface area (Å²) in [6.45, 7) is 9.58. The summed E-state index contributed by atoms with van der Waals surface area (Å²) in [7, 11) is 0. The van der Waals surface area contributed by atoms with Gasteiger partial charge in [-0.3, -0.25) is 9.59 Å². The standard InChI is InChI=1S/C18H34O4/c1-6-8-9-10-11-12-14-21-16(19)18(4,5)17(20)22-15(3)13-7-2/h15H,6-14H2,1-5H3. The number of ether oxygens (including phenoxy) is 2. The van der Waals surface area contributed by atoms with Crippen LogP contribution in [0.25, 0.3) is 0 Å². The summed E-state index contributed by atoms with van der Waals surface area (Å²) in [5.74, 6) is -0.990. The lowest BCUT2D eigenvalue weighted by Crippen LogP contribution is -2.38. The number of carbonyl (C=O) groups is 2. The SMILES string of the molecule is CCCCCCCCOC(=O)C(C)(C)C(=O)OC(C)CCC.